The van der Waals surface area contributed by atoms with E-state index in [0.29, 0.717) is 17.4 Å². The van der Waals surface area contributed by atoms with Crippen LogP contribution in [0.2, 0.25) is 5.02 Å². The van der Waals surface area contributed by atoms with Crippen LogP contribution in [0, 0.1) is 0 Å². The van der Waals surface area contributed by atoms with Crippen LogP contribution in [0.5, 0.6) is 17.2 Å². The molecule has 3 rings (SSSR count). The summed E-state index contributed by atoms with van der Waals surface area (Å²) in [5.74, 6) is 2.39. The Morgan fingerprint density at radius 3 is 2.69 bits per heavy atom. The molecule has 0 fully saturated rings. The van der Waals surface area contributed by atoms with Crippen LogP contribution in [0.1, 0.15) is 5.56 Å². The third kappa shape index (κ3) is 1.61. The highest BCUT2D eigenvalue weighted by Crippen LogP contribution is 2.35. The van der Waals surface area contributed by atoms with E-state index in [1.54, 1.807) is 6.07 Å². The van der Waals surface area contributed by atoms with Crippen LogP contribution in [-0.2, 0) is 6.61 Å². The van der Waals surface area contributed by atoms with Gasteiger partial charge in [-0.1, -0.05) is 23.7 Å². The lowest BCUT2D eigenvalue weighted by atomic mass is 10.1. The molecule has 0 saturated heterocycles. The summed E-state index contributed by atoms with van der Waals surface area (Å²) in [5, 5.41) is 0.612. The van der Waals surface area contributed by atoms with Crippen molar-refractivity contribution in [1.29, 1.82) is 0 Å². The van der Waals surface area contributed by atoms with Crippen molar-refractivity contribution in [1.82, 2.24) is 0 Å². The second-order valence-electron chi connectivity index (χ2n) is 3.59. The lowest BCUT2D eigenvalue weighted by Gasteiger charge is -2.20. The number of rotatable bonds is 2. The molecular formula is C13H9ClO2. The van der Waals surface area contributed by atoms with E-state index in [9.17, 15) is 0 Å². The second kappa shape index (κ2) is 3.72. The molecule has 1 heterocycles. The maximum absolute atomic E-state index is 6.01. The van der Waals surface area contributed by atoms with Crippen molar-refractivity contribution in [2.24, 2.45) is 0 Å². The van der Waals surface area contributed by atoms with Crippen molar-refractivity contribution >= 4 is 11.6 Å². The Labute approximate surface area is 98.4 Å². The van der Waals surface area contributed by atoms with Gasteiger partial charge in [-0.3, -0.25) is 0 Å². The second-order valence-corrected chi connectivity index (χ2v) is 4.00. The molecule has 16 heavy (non-hydrogen) atoms. The van der Waals surface area contributed by atoms with E-state index in [1.165, 1.54) is 5.56 Å². The molecule has 1 aliphatic heterocycles. The van der Waals surface area contributed by atoms with Crippen LogP contribution in [0.25, 0.3) is 0 Å². The summed E-state index contributed by atoms with van der Waals surface area (Å²) in [4.78, 5) is 0. The summed E-state index contributed by atoms with van der Waals surface area (Å²) >= 11 is 6.01. The smallest absolute Gasteiger partial charge is 0.146 e. The zero-order valence-electron chi connectivity index (χ0n) is 8.44. The number of hydrogen-bond acceptors (Lipinski definition) is 2. The zero-order valence-corrected chi connectivity index (χ0v) is 9.20. The van der Waals surface area contributed by atoms with Gasteiger partial charge in [-0.05, 0) is 30.3 Å². The number of ether oxygens (including phenoxy) is 2. The highest BCUT2D eigenvalue weighted by atomic mass is 35.5. The van der Waals surface area contributed by atoms with Gasteiger partial charge < -0.3 is 9.47 Å². The Kier molecular flexibility index (Phi) is 2.22. The highest BCUT2D eigenvalue weighted by molar-refractivity contribution is 6.32. The Hall–Kier alpha value is -1.67. The fourth-order valence-corrected chi connectivity index (χ4v) is 1.78. The molecule has 0 spiro atoms. The van der Waals surface area contributed by atoms with Crippen molar-refractivity contribution < 1.29 is 9.47 Å². The van der Waals surface area contributed by atoms with Crippen molar-refractivity contribution in [3.8, 4) is 17.2 Å². The van der Waals surface area contributed by atoms with Gasteiger partial charge in [0.15, 0.2) is 0 Å². The SMILES string of the molecule is Clc1ccccc1Oc1ccc2c(c1)CO2. The molecule has 0 saturated carbocycles. The van der Waals surface area contributed by atoms with Crippen LogP contribution in [0.15, 0.2) is 42.5 Å². The lowest BCUT2D eigenvalue weighted by Crippen LogP contribution is -2.08. The molecule has 0 atom stereocenters. The van der Waals surface area contributed by atoms with E-state index < -0.39 is 0 Å². The average molecular weight is 233 g/mol. The van der Waals surface area contributed by atoms with E-state index >= 15 is 0 Å². The van der Waals surface area contributed by atoms with Crippen LogP contribution in [0.3, 0.4) is 0 Å². The van der Waals surface area contributed by atoms with E-state index in [-0.39, 0.29) is 0 Å². The summed E-state index contributed by atoms with van der Waals surface area (Å²) in [6.45, 7) is 0.662. The first kappa shape index (κ1) is 9.55. The first-order chi connectivity index (χ1) is 7.83. The molecule has 0 N–H and O–H groups in total. The Morgan fingerprint density at radius 1 is 1.12 bits per heavy atom. The van der Waals surface area contributed by atoms with Crippen molar-refractivity contribution in [3.63, 3.8) is 0 Å². The minimum Gasteiger partial charge on any atom is -0.488 e. The molecule has 0 aromatic heterocycles. The summed E-state index contributed by atoms with van der Waals surface area (Å²) in [6.07, 6.45) is 0. The minimum atomic E-state index is 0.612. The molecule has 3 heteroatoms. The van der Waals surface area contributed by atoms with Gasteiger partial charge in [0.25, 0.3) is 0 Å². The Balaban J connectivity index is 1.89. The average Bonchev–Trinajstić information content (AvgIpc) is 2.25. The molecule has 0 aliphatic carbocycles. The van der Waals surface area contributed by atoms with Gasteiger partial charge in [-0.15, -0.1) is 0 Å². The molecule has 0 amide bonds. The third-order valence-electron chi connectivity index (χ3n) is 2.48. The first-order valence-corrected chi connectivity index (χ1v) is 5.39. The third-order valence-corrected chi connectivity index (χ3v) is 2.79. The number of para-hydroxylation sites is 1. The van der Waals surface area contributed by atoms with Crippen LogP contribution < -0.4 is 9.47 Å². The number of halogens is 1. The predicted octanol–water partition coefficient (Wildman–Crippen LogP) is 4.02. The maximum atomic E-state index is 6.01. The molecule has 1 aliphatic rings. The molecule has 0 radical (unpaired) electrons. The van der Waals surface area contributed by atoms with E-state index in [0.717, 1.165) is 11.5 Å². The molecular weight excluding hydrogens is 224 g/mol. The fourth-order valence-electron chi connectivity index (χ4n) is 1.60. The summed E-state index contributed by atoms with van der Waals surface area (Å²) in [7, 11) is 0. The Morgan fingerprint density at radius 2 is 2.00 bits per heavy atom. The monoisotopic (exact) mass is 232 g/mol. The van der Waals surface area contributed by atoms with Gasteiger partial charge in [-0.2, -0.15) is 0 Å². The zero-order chi connectivity index (χ0) is 11.0. The Bertz CT molecular complexity index is 537. The van der Waals surface area contributed by atoms with Crippen LogP contribution in [-0.4, -0.2) is 0 Å². The van der Waals surface area contributed by atoms with Gasteiger partial charge in [0, 0.05) is 5.56 Å². The predicted molar refractivity (Wildman–Crippen MR) is 62.3 cm³/mol. The molecule has 0 bridgehead atoms. The summed E-state index contributed by atoms with van der Waals surface area (Å²) in [5.41, 5.74) is 1.17. The van der Waals surface area contributed by atoms with Gasteiger partial charge >= 0.3 is 0 Å². The number of benzene rings is 2. The van der Waals surface area contributed by atoms with Gasteiger partial charge in [0.05, 0.1) is 5.02 Å². The lowest BCUT2D eigenvalue weighted by molar-refractivity contribution is 0.242. The highest BCUT2D eigenvalue weighted by Gasteiger charge is 2.15. The normalized spacial score (nSPS) is 12.3. The summed E-state index contributed by atoms with van der Waals surface area (Å²) in [6, 6.07) is 13.2. The molecule has 2 aromatic carbocycles. The fraction of sp³-hybridized carbons (Fsp3) is 0.0769. The first-order valence-electron chi connectivity index (χ1n) is 5.01. The maximum Gasteiger partial charge on any atom is 0.146 e. The molecule has 2 nitrogen and oxygen atoms in total. The molecule has 80 valence electrons. The van der Waals surface area contributed by atoms with Crippen LogP contribution in [0.4, 0.5) is 0 Å². The standard InChI is InChI=1S/C13H9ClO2/c14-11-3-1-2-4-13(11)16-10-5-6-12-9(7-10)8-15-12/h1-7H,8H2. The van der Waals surface area contributed by atoms with Crippen molar-refractivity contribution in [2.45, 2.75) is 6.61 Å². The van der Waals surface area contributed by atoms with E-state index in [2.05, 4.69) is 0 Å². The van der Waals surface area contributed by atoms with Crippen molar-refractivity contribution in [2.75, 3.05) is 0 Å². The largest absolute Gasteiger partial charge is 0.488 e. The minimum absolute atomic E-state index is 0.612. The van der Waals surface area contributed by atoms with Gasteiger partial charge in [0.2, 0.25) is 0 Å². The van der Waals surface area contributed by atoms with E-state index in [4.69, 9.17) is 21.1 Å². The number of fused-ring (bicyclic) bond motifs is 1. The van der Waals surface area contributed by atoms with Crippen molar-refractivity contribution in [3.05, 3.63) is 53.1 Å². The number of hydrogen-bond donors (Lipinski definition) is 0. The van der Waals surface area contributed by atoms with Gasteiger partial charge in [0.1, 0.15) is 23.9 Å². The van der Waals surface area contributed by atoms with Crippen LogP contribution >= 0.6 is 11.6 Å². The van der Waals surface area contributed by atoms with Gasteiger partial charge in [-0.25, -0.2) is 0 Å². The molecule has 0 unspecified atom stereocenters. The topological polar surface area (TPSA) is 18.5 Å². The quantitative estimate of drug-likeness (QED) is 0.779. The molecule has 2 aromatic rings. The van der Waals surface area contributed by atoms with E-state index in [1.807, 2.05) is 36.4 Å². The summed E-state index contributed by atoms with van der Waals surface area (Å²) < 4.78 is 10.9.